The number of piperazine rings is 1. The zero-order valence-electron chi connectivity index (χ0n) is 10.2. The number of hydrogen-bond acceptors (Lipinski definition) is 4. The van der Waals surface area contributed by atoms with Gasteiger partial charge in [0.15, 0.2) is 17.3 Å². The zero-order chi connectivity index (χ0) is 13.1. The molecule has 1 aliphatic rings. The fourth-order valence-electron chi connectivity index (χ4n) is 2.06. The van der Waals surface area contributed by atoms with Crippen molar-refractivity contribution >= 4 is 15.9 Å². The number of benzene rings is 1. The number of nitrogens with one attached hydrogen (secondary N) is 1. The van der Waals surface area contributed by atoms with Crippen LogP contribution in [0.15, 0.2) is 10.5 Å². The summed E-state index contributed by atoms with van der Waals surface area (Å²) in [5.41, 5.74) is 0.669. The maximum absolute atomic E-state index is 13.7. The number of methoxy groups -OCH3 is 1. The molecule has 0 spiro atoms. The molecule has 1 fully saturated rings. The van der Waals surface area contributed by atoms with E-state index in [1.54, 1.807) is 6.07 Å². The smallest absolute Gasteiger partial charge is 0.198 e. The van der Waals surface area contributed by atoms with Crippen molar-refractivity contribution in [3.8, 4) is 11.5 Å². The molecule has 0 unspecified atom stereocenters. The number of nitrogens with zero attached hydrogens (tertiary/aromatic N) is 1. The number of phenols is 1. The van der Waals surface area contributed by atoms with E-state index in [0.29, 0.717) is 16.6 Å². The van der Waals surface area contributed by atoms with Gasteiger partial charge in [-0.3, -0.25) is 4.90 Å². The molecule has 0 aromatic heterocycles. The lowest BCUT2D eigenvalue weighted by molar-refractivity contribution is 0.229. The largest absolute Gasteiger partial charge is 0.504 e. The minimum Gasteiger partial charge on any atom is -0.504 e. The third-order valence-corrected chi connectivity index (χ3v) is 3.61. The molecule has 0 saturated carbocycles. The first-order valence-electron chi connectivity index (χ1n) is 5.80. The minimum atomic E-state index is -0.570. The molecule has 2 rings (SSSR count). The summed E-state index contributed by atoms with van der Waals surface area (Å²) in [7, 11) is 1.35. The average molecular weight is 319 g/mol. The van der Waals surface area contributed by atoms with Crippen LogP contribution in [0, 0.1) is 5.82 Å². The molecule has 0 bridgehead atoms. The Labute approximate surface area is 114 Å². The Morgan fingerprint density at radius 1 is 1.50 bits per heavy atom. The Bertz CT molecular complexity index is 437. The standard InChI is InChI=1S/C12H16BrFN2O2/c1-18-12-10(14)9(13)6-8(11(12)17)7-16-4-2-15-3-5-16/h6,15,17H,2-5,7H2,1H3. The van der Waals surface area contributed by atoms with Crippen molar-refractivity contribution in [1.29, 1.82) is 0 Å². The summed E-state index contributed by atoms with van der Waals surface area (Å²) in [4.78, 5) is 2.20. The maximum Gasteiger partial charge on any atom is 0.198 e. The summed E-state index contributed by atoms with van der Waals surface area (Å²) < 4.78 is 18.9. The van der Waals surface area contributed by atoms with Gasteiger partial charge in [0, 0.05) is 38.3 Å². The number of halogens is 2. The van der Waals surface area contributed by atoms with Crippen LogP contribution < -0.4 is 10.1 Å². The number of rotatable bonds is 3. The van der Waals surface area contributed by atoms with Crippen molar-refractivity contribution in [2.45, 2.75) is 6.54 Å². The highest BCUT2D eigenvalue weighted by Crippen LogP contribution is 2.37. The number of aromatic hydroxyl groups is 1. The van der Waals surface area contributed by atoms with Crippen molar-refractivity contribution in [2.24, 2.45) is 0 Å². The molecule has 4 nitrogen and oxygen atoms in total. The molecule has 18 heavy (non-hydrogen) atoms. The van der Waals surface area contributed by atoms with E-state index in [2.05, 4.69) is 26.1 Å². The van der Waals surface area contributed by atoms with Crippen LogP contribution in [0.5, 0.6) is 11.5 Å². The molecule has 0 atom stereocenters. The summed E-state index contributed by atoms with van der Waals surface area (Å²) in [6.45, 7) is 4.27. The Balaban J connectivity index is 2.24. The molecule has 1 aromatic carbocycles. The molecule has 6 heteroatoms. The molecule has 2 N–H and O–H groups in total. The quantitative estimate of drug-likeness (QED) is 0.890. The van der Waals surface area contributed by atoms with Gasteiger partial charge in [-0.25, -0.2) is 4.39 Å². The molecule has 1 aliphatic heterocycles. The lowest BCUT2D eigenvalue weighted by Crippen LogP contribution is -2.42. The van der Waals surface area contributed by atoms with Crippen LogP contribution in [0.25, 0.3) is 0 Å². The summed E-state index contributed by atoms with van der Waals surface area (Å²) in [6, 6.07) is 1.61. The van der Waals surface area contributed by atoms with Gasteiger partial charge in [-0.1, -0.05) is 0 Å². The third kappa shape index (κ3) is 2.76. The molecule has 0 radical (unpaired) electrons. The van der Waals surface area contributed by atoms with E-state index in [9.17, 15) is 9.50 Å². The highest BCUT2D eigenvalue weighted by molar-refractivity contribution is 9.10. The van der Waals surface area contributed by atoms with E-state index in [0.717, 1.165) is 26.2 Å². The number of hydrogen-bond donors (Lipinski definition) is 2. The Morgan fingerprint density at radius 2 is 2.17 bits per heavy atom. The zero-order valence-corrected chi connectivity index (χ0v) is 11.8. The van der Waals surface area contributed by atoms with E-state index in [4.69, 9.17) is 4.74 Å². The van der Waals surface area contributed by atoms with Gasteiger partial charge in [0.05, 0.1) is 11.6 Å². The van der Waals surface area contributed by atoms with E-state index >= 15 is 0 Å². The molecule has 100 valence electrons. The van der Waals surface area contributed by atoms with E-state index in [1.165, 1.54) is 7.11 Å². The molecular weight excluding hydrogens is 303 g/mol. The van der Waals surface area contributed by atoms with Crippen LogP contribution in [0.4, 0.5) is 4.39 Å². The highest BCUT2D eigenvalue weighted by atomic mass is 79.9. The summed E-state index contributed by atoms with van der Waals surface area (Å²) in [5.74, 6) is -0.787. The van der Waals surface area contributed by atoms with Crippen LogP contribution in [0.3, 0.4) is 0 Å². The first-order valence-corrected chi connectivity index (χ1v) is 6.59. The fourth-order valence-corrected chi connectivity index (χ4v) is 2.52. The third-order valence-electron chi connectivity index (χ3n) is 3.04. The Hall–Kier alpha value is -0.850. The Kier molecular flexibility index (Phi) is 4.42. The highest BCUT2D eigenvalue weighted by Gasteiger charge is 2.19. The Morgan fingerprint density at radius 3 is 2.78 bits per heavy atom. The first kappa shape index (κ1) is 13.6. The first-order chi connectivity index (χ1) is 8.63. The lowest BCUT2D eigenvalue weighted by atomic mass is 10.1. The molecule has 1 saturated heterocycles. The SMILES string of the molecule is COc1c(O)c(CN2CCNCC2)cc(Br)c1F. The average Bonchev–Trinajstić information content (AvgIpc) is 2.38. The van der Waals surface area contributed by atoms with Crippen molar-refractivity contribution in [2.75, 3.05) is 33.3 Å². The molecule has 0 amide bonds. The summed E-state index contributed by atoms with van der Waals surface area (Å²) >= 11 is 3.14. The molecular formula is C12H16BrFN2O2. The van der Waals surface area contributed by atoms with Crippen molar-refractivity contribution in [1.82, 2.24) is 10.2 Å². The van der Waals surface area contributed by atoms with Gasteiger partial charge in [-0.05, 0) is 22.0 Å². The molecule has 1 aromatic rings. The van der Waals surface area contributed by atoms with Gasteiger partial charge >= 0.3 is 0 Å². The van der Waals surface area contributed by atoms with Gasteiger partial charge < -0.3 is 15.2 Å². The van der Waals surface area contributed by atoms with E-state index in [1.807, 2.05) is 0 Å². The van der Waals surface area contributed by atoms with E-state index in [-0.39, 0.29) is 11.5 Å². The van der Waals surface area contributed by atoms with Gasteiger partial charge in [-0.15, -0.1) is 0 Å². The minimum absolute atomic E-state index is 0.102. The predicted octanol–water partition coefficient (Wildman–Crippen LogP) is 1.71. The van der Waals surface area contributed by atoms with Crippen molar-refractivity contribution < 1.29 is 14.2 Å². The lowest BCUT2D eigenvalue weighted by Gasteiger charge is -2.27. The van der Waals surface area contributed by atoms with Crippen LogP contribution in [0.2, 0.25) is 0 Å². The second kappa shape index (κ2) is 5.86. The second-order valence-electron chi connectivity index (χ2n) is 4.24. The monoisotopic (exact) mass is 318 g/mol. The normalized spacial score (nSPS) is 16.8. The summed E-state index contributed by atoms with van der Waals surface area (Å²) in [6.07, 6.45) is 0. The topological polar surface area (TPSA) is 44.7 Å². The number of ether oxygens (including phenoxy) is 1. The predicted molar refractivity (Wildman–Crippen MR) is 70.5 cm³/mol. The van der Waals surface area contributed by atoms with Crippen LogP contribution in [-0.2, 0) is 6.54 Å². The summed E-state index contributed by atoms with van der Waals surface area (Å²) in [5, 5.41) is 13.3. The van der Waals surface area contributed by atoms with Gasteiger partial charge in [-0.2, -0.15) is 0 Å². The maximum atomic E-state index is 13.7. The van der Waals surface area contributed by atoms with Gasteiger partial charge in [0.25, 0.3) is 0 Å². The second-order valence-corrected chi connectivity index (χ2v) is 5.09. The van der Waals surface area contributed by atoms with Gasteiger partial charge in [0.1, 0.15) is 0 Å². The van der Waals surface area contributed by atoms with Crippen LogP contribution in [-0.4, -0.2) is 43.3 Å². The van der Waals surface area contributed by atoms with Gasteiger partial charge in [0.2, 0.25) is 0 Å². The van der Waals surface area contributed by atoms with E-state index < -0.39 is 5.82 Å². The number of phenolic OH excluding ortho intramolecular Hbond substituents is 1. The molecule has 0 aliphatic carbocycles. The van der Waals surface area contributed by atoms with Crippen molar-refractivity contribution in [3.05, 3.63) is 21.9 Å². The molecule has 1 heterocycles. The van der Waals surface area contributed by atoms with Crippen molar-refractivity contribution in [3.63, 3.8) is 0 Å². The fraction of sp³-hybridized carbons (Fsp3) is 0.500. The van der Waals surface area contributed by atoms with Crippen LogP contribution >= 0.6 is 15.9 Å². The van der Waals surface area contributed by atoms with Crippen LogP contribution in [0.1, 0.15) is 5.56 Å².